The van der Waals surface area contributed by atoms with Gasteiger partial charge in [-0.2, -0.15) is 0 Å². The summed E-state index contributed by atoms with van der Waals surface area (Å²) in [5.74, 6) is 1.14. The van der Waals surface area contributed by atoms with Crippen LogP contribution in [-0.2, 0) is 13.9 Å². The Bertz CT molecular complexity index is 828. The fourth-order valence-corrected chi connectivity index (χ4v) is 9.73. The molecular weight excluding hydrogens is 428 g/mol. The van der Waals surface area contributed by atoms with Crippen LogP contribution in [0.5, 0.6) is 0 Å². The second kappa shape index (κ2) is 7.41. The van der Waals surface area contributed by atoms with Crippen molar-refractivity contribution in [2.24, 2.45) is 28.6 Å². The molecule has 5 heteroatoms. The van der Waals surface area contributed by atoms with E-state index < -0.39 is 14.1 Å². The number of ether oxygens (including phenoxy) is 2. The molecule has 5 rings (SSSR count). The lowest BCUT2D eigenvalue weighted by molar-refractivity contribution is -0.164. The summed E-state index contributed by atoms with van der Waals surface area (Å²) in [6.07, 6.45) is 9.01. The van der Waals surface area contributed by atoms with Crippen molar-refractivity contribution < 1.29 is 19.0 Å². The first-order valence-corrected chi connectivity index (χ1v) is 16.4. The molecule has 0 aromatic heterocycles. The fourth-order valence-electron chi connectivity index (χ4n) is 8.28. The normalized spacial score (nSPS) is 49.0. The number of fused-ring (bicyclic) bond motifs is 8. The maximum Gasteiger partial charge on any atom is 0.192 e. The SMILES string of the molecule is CC1(C)O[C@@H]2C3=C[C@H](O)CC[C@]3(C)C3CC[C@@]4(C)C(CC[C@@H]4O[Si](C)(C)C(C)(C)C)C3[C@H]2O1. The summed E-state index contributed by atoms with van der Waals surface area (Å²) in [5, 5.41) is 10.8. The zero-order chi connectivity index (χ0) is 24.2. The van der Waals surface area contributed by atoms with Crippen LogP contribution in [0.4, 0.5) is 0 Å². The third-order valence-corrected chi connectivity index (χ3v) is 15.6. The maximum atomic E-state index is 10.5. The van der Waals surface area contributed by atoms with Gasteiger partial charge in [-0.1, -0.05) is 40.7 Å². The molecule has 1 aliphatic heterocycles. The van der Waals surface area contributed by atoms with E-state index in [0.29, 0.717) is 23.9 Å². The standard InChI is InChI=1S/C28H48O4Si/c1-25(2,3)33(8,9)32-21-11-10-18-22-19(13-15-28(18,21)7)27(6)14-12-17(29)16-20(27)23-24(22)31-26(4,5)30-23/h16-19,21-24,29H,10-15H2,1-9H3/t17-,18?,19?,21+,22?,23-,24-,27-,28+/m1/s1. The minimum absolute atomic E-state index is 0.0242. The van der Waals surface area contributed by atoms with E-state index >= 15 is 0 Å². The number of hydrogen-bond donors (Lipinski definition) is 1. The summed E-state index contributed by atoms with van der Waals surface area (Å²) in [4.78, 5) is 0. The second-order valence-electron chi connectivity index (χ2n) is 14.4. The molecule has 0 aromatic rings. The van der Waals surface area contributed by atoms with Crippen LogP contribution in [0.2, 0.25) is 18.1 Å². The van der Waals surface area contributed by atoms with Crippen LogP contribution < -0.4 is 0 Å². The van der Waals surface area contributed by atoms with Crippen molar-refractivity contribution in [3.63, 3.8) is 0 Å². The lowest BCUT2D eigenvalue weighted by atomic mass is 9.46. The van der Waals surface area contributed by atoms with Crippen LogP contribution in [0, 0.1) is 28.6 Å². The quantitative estimate of drug-likeness (QED) is 0.368. The van der Waals surface area contributed by atoms with Gasteiger partial charge in [0.15, 0.2) is 14.1 Å². The Kier molecular flexibility index (Phi) is 5.50. The van der Waals surface area contributed by atoms with E-state index in [1.165, 1.54) is 31.3 Å². The van der Waals surface area contributed by atoms with Crippen molar-refractivity contribution in [2.45, 2.75) is 135 Å². The summed E-state index contributed by atoms with van der Waals surface area (Å²) in [5.41, 5.74) is 1.64. The van der Waals surface area contributed by atoms with Gasteiger partial charge in [-0.3, -0.25) is 0 Å². The Morgan fingerprint density at radius 1 is 0.970 bits per heavy atom. The average molecular weight is 477 g/mol. The van der Waals surface area contributed by atoms with E-state index in [4.69, 9.17) is 13.9 Å². The summed E-state index contributed by atoms with van der Waals surface area (Å²) in [7, 11) is -1.83. The monoisotopic (exact) mass is 476 g/mol. The molecule has 0 spiro atoms. The van der Waals surface area contributed by atoms with Gasteiger partial charge in [-0.05, 0) is 105 Å². The van der Waals surface area contributed by atoms with Crippen LogP contribution in [0.1, 0.15) is 87.0 Å². The number of aliphatic hydroxyl groups excluding tert-OH is 1. The molecule has 188 valence electrons. The summed E-state index contributed by atoms with van der Waals surface area (Å²) >= 11 is 0. The van der Waals surface area contributed by atoms with E-state index in [2.05, 4.69) is 67.6 Å². The molecule has 3 unspecified atom stereocenters. The highest BCUT2D eigenvalue weighted by Gasteiger charge is 2.67. The molecule has 33 heavy (non-hydrogen) atoms. The van der Waals surface area contributed by atoms with Crippen LogP contribution in [0.15, 0.2) is 11.6 Å². The summed E-state index contributed by atoms with van der Waals surface area (Å²) in [6.45, 7) is 21.0. The molecule has 0 radical (unpaired) electrons. The van der Waals surface area contributed by atoms with Gasteiger partial charge in [0, 0.05) is 0 Å². The third kappa shape index (κ3) is 3.58. The molecule has 0 aromatic carbocycles. The first kappa shape index (κ1) is 24.5. The Balaban J connectivity index is 1.51. The first-order valence-electron chi connectivity index (χ1n) is 13.5. The van der Waals surface area contributed by atoms with Gasteiger partial charge in [0.2, 0.25) is 0 Å². The van der Waals surface area contributed by atoms with Crippen molar-refractivity contribution in [1.82, 2.24) is 0 Å². The van der Waals surface area contributed by atoms with Gasteiger partial charge >= 0.3 is 0 Å². The van der Waals surface area contributed by atoms with Gasteiger partial charge in [-0.15, -0.1) is 0 Å². The molecule has 1 N–H and O–H groups in total. The molecule has 4 nitrogen and oxygen atoms in total. The molecule has 3 saturated carbocycles. The van der Waals surface area contributed by atoms with Crippen LogP contribution in [0.3, 0.4) is 0 Å². The number of rotatable bonds is 2. The van der Waals surface area contributed by atoms with E-state index in [0.717, 1.165) is 12.8 Å². The largest absolute Gasteiger partial charge is 0.413 e. The smallest absolute Gasteiger partial charge is 0.192 e. The molecule has 9 atom stereocenters. The fraction of sp³-hybridized carbons (Fsp3) is 0.929. The lowest BCUT2D eigenvalue weighted by Crippen LogP contribution is -2.60. The van der Waals surface area contributed by atoms with E-state index in [1.54, 1.807) is 0 Å². The molecule has 4 aliphatic carbocycles. The predicted octanol–water partition coefficient (Wildman–Crippen LogP) is 6.44. The Labute approximate surface area is 203 Å². The van der Waals surface area contributed by atoms with Crippen molar-refractivity contribution in [2.75, 3.05) is 0 Å². The van der Waals surface area contributed by atoms with Gasteiger partial charge < -0.3 is 19.0 Å². The number of aliphatic hydroxyl groups is 1. The van der Waals surface area contributed by atoms with Crippen molar-refractivity contribution >= 4 is 8.32 Å². The Morgan fingerprint density at radius 2 is 1.67 bits per heavy atom. The van der Waals surface area contributed by atoms with E-state index in [-0.39, 0.29) is 34.2 Å². The second-order valence-corrected chi connectivity index (χ2v) is 19.2. The molecule has 4 fully saturated rings. The van der Waals surface area contributed by atoms with Crippen LogP contribution >= 0.6 is 0 Å². The molecule has 1 saturated heterocycles. The van der Waals surface area contributed by atoms with E-state index in [9.17, 15) is 5.11 Å². The van der Waals surface area contributed by atoms with Crippen molar-refractivity contribution in [3.05, 3.63) is 11.6 Å². The van der Waals surface area contributed by atoms with Gasteiger partial charge in [0.05, 0.1) is 18.3 Å². The van der Waals surface area contributed by atoms with Gasteiger partial charge in [0.25, 0.3) is 0 Å². The van der Waals surface area contributed by atoms with Crippen molar-refractivity contribution in [3.8, 4) is 0 Å². The zero-order valence-corrected chi connectivity index (χ0v) is 23.5. The minimum Gasteiger partial charge on any atom is -0.413 e. The summed E-state index contributed by atoms with van der Waals surface area (Å²) < 4.78 is 20.4. The predicted molar refractivity (Wildman–Crippen MR) is 134 cm³/mol. The van der Waals surface area contributed by atoms with Crippen LogP contribution in [0.25, 0.3) is 0 Å². The van der Waals surface area contributed by atoms with Crippen molar-refractivity contribution in [1.29, 1.82) is 0 Å². The Hall–Kier alpha value is -0.203. The zero-order valence-electron chi connectivity index (χ0n) is 22.5. The average Bonchev–Trinajstić information content (AvgIpc) is 3.18. The highest BCUT2D eigenvalue weighted by atomic mass is 28.4. The lowest BCUT2D eigenvalue weighted by Gasteiger charge is -2.61. The van der Waals surface area contributed by atoms with Crippen LogP contribution in [-0.4, -0.2) is 43.6 Å². The Morgan fingerprint density at radius 3 is 2.33 bits per heavy atom. The van der Waals surface area contributed by atoms with Gasteiger partial charge in [-0.25, -0.2) is 0 Å². The molecule has 0 amide bonds. The third-order valence-electron chi connectivity index (χ3n) is 11.1. The highest BCUT2D eigenvalue weighted by Crippen LogP contribution is 2.68. The molecule has 0 bridgehead atoms. The highest BCUT2D eigenvalue weighted by molar-refractivity contribution is 6.74. The van der Waals surface area contributed by atoms with E-state index in [1.807, 2.05) is 0 Å². The minimum atomic E-state index is -1.83. The number of hydrogen-bond acceptors (Lipinski definition) is 4. The maximum absolute atomic E-state index is 10.5. The summed E-state index contributed by atoms with van der Waals surface area (Å²) in [6, 6.07) is 0. The molecular formula is C28H48O4Si. The molecule has 1 heterocycles. The molecule has 5 aliphatic rings. The van der Waals surface area contributed by atoms with Gasteiger partial charge in [0.1, 0.15) is 6.10 Å². The first-order chi connectivity index (χ1) is 15.1. The topological polar surface area (TPSA) is 47.9 Å².